The number of nitro groups is 1. The minimum absolute atomic E-state index is 0.148. The van der Waals surface area contributed by atoms with Gasteiger partial charge in [0.1, 0.15) is 18.5 Å². The van der Waals surface area contributed by atoms with E-state index in [0.29, 0.717) is 13.1 Å². The first kappa shape index (κ1) is 13.4. The number of rotatable bonds is 4. The largest absolute Gasteiger partial charge is 0.378 e. The van der Waals surface area contributed by atoms with Gasteiger partial charge in [-0.05, 0) is 0 Å². The molecule has 19 heavy (non-hydrogen) atoms. The molecule has 2 N–H and O–H groups in total. The number of hydrogen-bond donors (Lipinski definition) is 1. The van der Waals surface area contributed by atoms with Crippen molar-refractivity contribution in [2.45, 2.75) is 12.2 Å². The maximum atomic E-state index is 11.1. The second-order valence-corrected chi connectivity index (χ2v) is 4.14. The van der Waals surface area contributed by atoms with Gasteiger partial charge in [0.15, 0.2) is 0 Å². The lowest BCUT2D eigenvalue weighted by atomic mass is 10.3. The van der Waals surface area contributed by atoms with Crippen LogP contribution in [0.1, 0.15) is 0 Å². The molecule has 9 heteroatoms. The topological polar surface area (TPSA) is 117 Å². The van der Waals surface area contributed by atoms with Crippen LogP contribution in [0.5, 0.6) is 0 Å². The molecule has 0 aromatic carbocycles. The van der Waals surface area contributed by atoms with Gasteiger partial charge in [-0.3, -0.25) is 10.1 Å². The Labute approximate surface area is 109 Å². The number of methoxy groups -OCH3 is 2. The summed E-state index contributed by atoms with van der Waals surface area (Å²) in [6.07, 6.45) is 0.876. The summed E-state index contributed by atoms with van der Waals surface area (Å²) in [5.41, 5.74) is 5.26. The van der Waals surface area contributed by atoms with Gasteiger partial charge >= 0.3 is 5.69 Å². The Bertz CT molecular complexity index is 471. The Hall–Kier alpha value is -2.00. The van der Waals surface area contributed by atoms with E-state index in [9.17, 15) is 10.1 Å². The summed E-state index contributed by atoms with van der Waals surface area (Å²) in [7, 11) is 3.14. The first-order valence-corrected chi connectivity index (χ1v) is 5.63. The van der Waals surface area contributed by atoms with Crippen LogP contribution in [-0.4, -0.2) is 54.4 Å². The average Bonchev–Trinajstić information content (AvgIpc) is 2.81. The summed E-state index contributed by atoms with van der Waals surface area (Å²) in [4.78, 5) is 19.8. The van der Waals surface area contributed by atoms with Gasteiger partial charge in [-0.1, -0.05) is 0 Å². The molecule has 1 aliphatic rings. The number of anilines is 2. The van der Waals surface area contributed by atoms with Crippen molar-refractivity contribution in [1.29, 1.82) is 0 Å². The molecule has 1 saturated heterocycles. The molecule has 104 valence electrons. The number of nitrogens with zero attached hydrogens (tertiary/aromatic N) is 4. The zero-order chi connectivity index (χ0) is 14.0. The summed E-state index contributed by atoms with van der Waals surface area (Å²) in [6, 6.07) is 0. The van der Waals surface area contributed by atoms with Crippen molar-refractivity contribution < 1.29 is 14.4 Å². The van der Waals surface area contributed by atoms with Gasteiger partial charge in [0.05, 0.1) is 4.92 Å². The fraction of sp³-hybridized carbons (Fsp3) is 0.600. The van der Waals surface area contributed by atoms with E-state index in [2.05, 4.69) is 9.97 Å². The van der Waals surface area contributed by atoms with Crippen LogP contribution in [0.15, 0.2) is 6.33 Å². The zero-order valence-corrected chi connectivity index (χ0v) is 10.6. The Kier molecular flexibility index (Phi) is 3.76. The Morgan fingerprint density at radius 2 is 1.95 bits per heavy atom. The molecule has 0 radical (unpaired) electrons. The maximum absolute atomic E-state index is 11.1. The minimum Gasteiger partial charge on any atom is -0.378 e. The average molecular weight is 269 g/mol. The van der Waals surface area contributed by atoms with Gasteiger partial charge in [-0.15, -0.1) is 0 Å². The normalized spacial score (nSPS) is 22.7. The lowest BCUT2D eigenvalue weighted by molar-refractivity contribution is -0.383. The van der Waals surface area contributed by atoms with E-state index < -0.39 is 4.92 Å². The van der Waals surface area contributed by atoms with Gasteiger partial charge in [-0.25, -0.2) is 9.97 Å². The molecule has 0 bridgehead atoms. The molecule has 0 saturated carbocycles. The molecule has 0 spiro atoms. The van der Waals surface area contributed by atoms with Gasteiger partial charge in [0, 0.05) is 27.3 Å². The van der Waals surface area contributed by atoms with Crippen molar-refractivity contribution >= 4 is 17.3 Å². The van der Waals surface area contributed by atoms with E-state index in [1.165, 1.54) is 6.33 Å². The van der Waals surface area contributed by atoms with Crippen molar-refractivity contribution in [1.82, 2.24) is 9.97 Å². The fourth-order valence-electron chi connectivity index (χ4n) is 2.16. The van der Waals surface area contributed by atoms with Crippen molar-refractivity contribution in [3.8, 4) is 0 Å². The quantitative estimate of drug-likeness (QED) is 0.590. The predicted octanol–water partition coefficient (Wildman–Crippen LogP) is -0.183. The molecule has 2 atom stereocenters. The molecule has 1 aliphatic heterocycles. The monoisotopic (exact) mass is 269 g/mol. The van der Waals surface area contributed by atoms with Crippen LogP contribution >= 0.6 is 0 Å². The van der Waals surface area contributed by atoms with Crippen molar-refractivity contribution in [2.75, 3.05) is 37.9 Å². The number of nitrogens with two attached hydrogens (primary N) is 1. The number of aromatic nitrogens is 2. The predicted molar refractivity (Wildman–Crippen MR) is 66.9 cm³/mol. The van der Waals surface area contributed by atoms with E-state index >= 15 is 0 Å². The molecule has 2 rings (SSSR count). The first-order chi connectivity index (χ1) is 9.08. The highest BCUT2D eigenvalue weighted by atomic mass is 16.6. The molecule has 9 nitrogen and oxygen atoms in total. The highest BCUT2D eigenvalue weighted by Gasteiger charge is 2.37. The van der Waals surface area contributed by atoms with Gasteiger partial charge in [-0.2, -0.15) is 0 Å². The molecule has 1 aromatic heterocycles. The molecule has 1 fully saturated rings. The number of hydrogen-bond acceptors (Lipinski definition) is 8. The molecule has 0 amide bonds. The highest BCUT2D eigenvalue weighted by molar-refractivity contribution is 5.68. The summed E-state index contributed by atoms with van der Waals surface area (Å²) in [5, 5.41) is 11.1. The van der Waals surface area contributed by atoms with Crippen LogP contribution in [0.25, 0.3) is 0 Å². The van der Waals surface area contributed by atoms with E-state index in [4.69, 9.17) is 15.2 Å². The maximum Gasteiger partial charge on any atom is 0.353 e. The number of nitrogen functional groups attached to an aromatic ring is 1. The lowest BCUT2D eigenvalue weighted by Gasteiger charge is -2.16. The van der Waals surface area contributed by atoms with E-state index in [1.807, 2.05) is 0 Å². The lowest BCUT2D eigenvalue weighted by Crippen LogP contribution is -2.27. The Balaban J connectivity index is 2.33. The standard InChI is InChI=1S/C10H15N5O4/c1-18-6-3-14(4-7(6)19-2)10-8(15(16)17)9(11)12-5-13-10/h5-7H,3-4H2,1-2H3,(H2,11,12,13). The smallest absolute Gasteiger partial charge is 0.353 e. The summed E-state index contributed by atoms with van der Waals surface area (Å²) < 4.78 is 10.6. The van der Waals surface area contributed by atoms with E-state index in [1.54, 1.807) is 19.1 Å². The number of ether oxygens (including phenoxy) is 2. The molecular formula is C10H15N5O4. The Morgan fingerprint density at radius 3 is 2.42 bits per heavy atom. The fourth-order valence-corrected chi connectivity index (χ4v) is 2.16. The zero-order valence-electron chi connectivity index (χ0n) is 10.6. The van der Waals surface area contributed by atoms with Crippen LogP contribution in [0.3, 0.4) is 0 Å². The molecule has 2 unspecified atom stereocenters. The van der Waals surface area contributed by atoms with Crippen LogP contribution in [0, 0.1) is 10.1 Å². The van der Waals surface area contributed by atoms with E-state index in [-0.39, 0.29) is 29.5 Å². The first-order valence-electron chi connectivity index (χ1n) is 5.63. The second kappa shape index (κ2) is 5.33. The minimum atomic E-state index is -0.577. The van der Waals surface area contributed by atoms with Crippen LogP contribution in [-0.2, 0) is 9.47 Å². The van der Waals surface area contributed by atoms with Crippen molar-refractivity contribution in [3.05, 3.63) is 16.4 Å². The summed E-state index contributed by atoms with van der Waals surface area (Å²) in [5.74, 6) is 0.0453. The van der Waals surface area contributed by atoms with E-state index in [0.717, 1.165) is 0 Å². The molecular weight excluding hydrogens is 254 g/mol. The van der Waals surface area contributed by atoms with Crippen LogP contribution in [0.4, 0.5) is 17.3 Å². The van der Waals surface area contributed by atoms with Crippen LogP contribution in [0.2, 0.25) is 0 Å². The molecule has 0 aliphatic carbocycles. The van der Waals surface area contributed by atoms with Crippen LogP contribution < -0.4 is 10.6 Å². The van der Waals surface area contributed by atoms with Gasteiger partial charge in [0.2, 0.25) is 11.6 Å². The summed E-state index contributed by atoms with van der Waals surface area (Å²) in [6.45, 7) is 0.901. The SMILES string of the molecule is COC1CN(c2ncnc(N)c2[N+](=O)[O-])CC1OC. The summed E-state index contributed by atoms with van der Waals surface area (Å²) >= 11 is 0. The highest BCUT2D eigenvalue weighted by Crippen LogP contribution is 2.32. The van der Waals surface area contributed by atoms with Gasteiger partial charge in [0.25, 0.3) is 0 Å². The molecule has 1 aromatic rings. The van der Waals surface area contributed by atoms with Crippen molar-refractivity contribution in [2.24, 2.45) is 0 Å². The third-order valence-corrected chi connectivity index (χ3v) is 3.13. The molecule has 2 heterocycles. The third-order valence-electron chi connectivity index (χ3n) is 3.13. The van der Waals surface area contributed by atoms with Crippen molar-refractivity contribution in [3.63, 3.8) is 0 Å². The second-order valence-electron chi connectivity index (χ2n) is 4.14. The third kappa shape index (κ3) is 2.42. The van der Waals surface area contributed by atoms with Gasteiger partial charge < -0.3 is 20.1 Å². The Morgan fingerprint density at radius 1 is 1.37 bits per heavy atom.